The quantitative estimate of drug-likeness (QED) is 0.629. The molecule has 1 N–H and O–H groups in total. The molecule has 0 saturated heterocycles. The number of unbranched alkanes of at least 4 members (excludes halogenated alkanes) is 1. The van der Waals surface area contributed by atoms with Crippen LogP contribution in [0.4, 0.5) is 0 Å². The van der Waals surface area contributed by atoms with Gasteiger partial charge in [0.25, 0.3) is 0 Å². The molecule has 0 aromatic carbocycles. The fourth-order valence-electron chi connectivity index (χ4n) is 2.17. The Labute approximate surface area is 127 Å². The minimum atomic E-state index is -0.950. The molecule has 4 nitrogen and oxygen atoms in total. The number of carbonyl (C=O) groups is 2. The van der Waals surface area contributed by atoms with Crippen molar-refractivity contribution in [2.75, 3.05) is 7.05 Å². The van der Waals surface area contributed by atoms with Gasteiger partial charge in [0, 0.05) is 13.5 Å². The van der Waals surface area contributed by atoms with Gasteiger partial charge in [-0.15, -0.1) is 0 Å². The number of carboxylic acid groups (broad SMARTS) is 1. The second kappa shape index (κ2) is 9.86. The van der Waals surface area contributed by atoms with E-state index in [1.54, 1.807) is 7.05 Å². The van der Waals surface area contributed by atoms with Gasteiger partial charge in [0.05, 0.1) is 0 Å². The van der Waals surface area contributed by atoms with Gasteiger partial charge in [0.1, 0.15) is 6.04 Å². The number of hydrogen-bond donors (Lipinski definition) is 1. The number of thiocarbonyl (C=S) groups is 1. The summed E-state index contributed by atoms with van der Waals surface area (Å²) >= 11 is 5.25. The Bertz CT molecular complexity index is 342. The van der Waals surface area contributed by atoms with Crippen LogP contribution in [0.25, 0.3) is 0 Å². The summed E-state index contributed by atoms with van der Waals surface area (Å²) in [5.41, 5.74) is 0. The second-order valence-electron chi connectivity index (χ2n) is 5.53. The average Bonchev–Trinajstić information content (AvgIpc) is 2.35. The van der Waals surface area contributed by atoms with Crippen molar-refractivity contribution in [1.29, 1.82) is 0 Å². The van der Waals surface area contributed by atoms with Gasteiger partial charge >= 0.3 is 5.97 Å². The van der Waals surface area contributed by atoms with Crippen molar-refractivity contribution in [2.24, 2.45) is 5.92 Å². The molecule has 0 aliphatic heterocycles. The van der Waals surface area contributed by atoms with Gasteiger partial charge in [-0.05, 0) is 36.5 Å². The Hall–Kier alpha value is -0.970. The van der Waals surface area contributed by atoms with Crippen LogP contribution < -0.4 is 0 Å². The van der Waals surface area contributed by atoms with Crippen LogP contribution >= 0.6 is 12.2 Å². The van der Waals surface area contributed by atoms with Crippen LogP contribution in [0.1, 0.15) is 59.3 Å². The summed E-state index contributed by atoms with van der Waals surface area (Å²) in [5, 5.41) is 9.16. The Kier molecular flexibility index (Phi) is 9.38. The number of carbonyl (C=O) groups excluding carboxylic acids is 1. The predicted octanol–water partition coefficient (Wildman–Crippen LogP) is 3.28. The number of hydrogen-bond acceptors (Lipinski definition) is 3. The van der Waals surface area contributed by atoms with Crippen molar-refractivity contribution < 1.29 is 14.7 Å². The van der Waals surface area contributed by atoms with Crippen LogP contribution in [-0.2, 0) is 9.59 Å². The van der Waals surface area contributed by atoms with Crippen LogP contribution in [0, 0.1) is 5.92 Å². The Morgan fingerprint density at radius 3 is 2.15 bits per heavy atom. The monoisotopic (exact) mass is 301 g/mol. The number of amides is 1. The fourth-order valence-corrected chi connectivity index (χ4v) is 2.45. The Balaban J connectivity index is 4.20. The van der Waals surface area contributed by atoms with Gasteiger partial charge in [-0.3, -0.25) is 4.79 Å². The molecule has 0 aromatic rings. The second-order valence-corrected chi connectivity index (χ2v) is 6.10. The summed E-state index contributed by atoms with van der Waals surface area (Å²) in [6.45, 7) is 5.74. The van der Waals surface area contributed by atoms with Crippen molar-refractivity contribution in [3.63, 3.8) is 0 Å². The van der Waals surface area contributed by atoms with Crippen molar-refractivity contribution >= 4 is 29.0 Å². The zero-order valence-electron chi connectivity index (χ0n) is 13.0. The van der Waals surface area contributed by atoms with Gasteiger partial charge in [0.15, 0.2) is 0 Å². The predicted molar refractivity (Wildman–Crippen MR) is 85.0 cm³/mol. The molecule has 1 amide bonds. The highest BCUT2D eigenvalue weighted by molar-refractivity contribution is 7.80. The van der Waals surface area contributed by atoms with Crippen molar-refractivity contribution in [2.45, 2.75) is 65.3 Å². The summed E-state index contributed by atoms with van der Waals surface area (Å²) < 4.78 is 0. The van der Waals surface area contributed by atoms with Crippen molar-refractivity contribution in [3.8, 4) is 0 Å². The van der Waals surface area contributed by atoms with Crippen molar-refractivity contribution in [1.82, 2.24) is 4.90 Å². The maximum absolute atomic E-state index is 12.0. The topological polar surface area (TPSA) is 57.6 Å². The Morgan fingerprint density at radius 1 is 1.15 bits per heavy atom. The number of likely N-dealkylation sites (N-methyl/N-ethyl adjacent to an activating group) is 1. The minimum absolute atomic E-state index is 0.105. The van der Waals surface area contributed by atoms with Gasteiger partial charge < -0.3 is 10.0 Å². The molecular weight excluding hydrogens is 274 g/mol. The van der Waals surface area contributed by atoms with E-state index in [4.69, 9.17) is 17.3 Å². The third-order valence-corrected chi connectivity index (χ3v) is 3.76. The van der Waals surface area contributed by atoms with E-state index in [2.05, 4.69) is 6.92 Å². The lowest BCUT2D eigenvalue weighted by Crippen LogP contribution is -2.45. The average molecular weight is 301 g/mol. The van der Waals surface area contributed by atoms with E-state index in [0.717, 1.165) is 30.5 Å². The minimum Gasteiger partial charge on any atom is -0.480 e. The van der Waals surface area contributed by atoms with E-state index >= 15 is 0 Å². The lowest BCUT2D eigenvalue weighted by molar-refractivity contribution is -0.151. The highest BCUT2D eigenvalue weighted by Crippen LogP contribution is 2.13. The number of nitrogens with zero attached hydrogens (tertiary/aromatic N) is 1. The molecule has 0 bridgehead atoms. The largest absolute Gasteiger partial charge is 0.480 e. The first-order valence-corrected chi connectivity index (χ1v) is 7.72. The molecule has 5 heteroatoms. The molecule has 116 valence electrons. The molecule has 0 rings (SSSR count). The number of aliphatic carboxylic acids is 1. The molecule has 0 saturated carbocycles. The fraction of sp³-hybridized carbons (Fsp3) is 0.800. The SMILES string of the molecule is CCCCC(=S)CCCC(=O)N(C)[C@H](C(=O)O)C(C)C. The summed E-state index contributed by atoms with van der Waals surface area (Å²) in [4.78, 5) is 25.5. The van der Waals surface area contributed by atoms with E-state index in [1.165, 1.54) is 4.90 Å². The molecule has 1 atom stereocenters. The molecule has 0 fully saturated rings. The highest BCUT2D eigenvalue weighted by atomic mass is 32.1. The maximum atomic E-state index is 12.0. The molecule has 0 spiro atoms. The summed E-state index contributed by atoms with van der Waals surface area (Å²) in [5.74, 6) is -1.18. The Morgan fingerprint density at radius 2 is 1.70 bits per heavy atom. The molecule has 0 aliphatic carbocycles. The first kappa shape index (κ1) is 19.0. The van der Waals surface area contributed by atoms with Crippen LogP contribution in [-0.4, -0.2) is 39.8 Å². The summed E-state index contributed by atoms with van der Waals surface area (Å²) in [6.07, 6.45) is 5.00. The van der Waals surface area contributed by atoms with Gasteiger partial charge in [0.2, 0.25) is 5.91 Å². The molecule has 0 radical (unpaired) electrons. The molecule has 0 unspecified atom stereocenters. The van der Waals surface area contributed by atoms with Gasteiger partial charge in [-0.1, -0.05) is 39.4 Å². The number of carboxylic acids is 1. The van der Waals surface area contributed by atoms with Crippen LogP contribution in [0.2, 0.25) is 0 Å². The third-order valence-electron chi connectivity index (χ3n) is 3.35. The molecule has 0 heterocycles. The zero-order valence-corrected chi connectivity index (χ0v) is 13.8. The van der Waals surface area contributed by atoms with E-state index in [-0.39, 0.29) is 11.8 Å². The van der Waals surface area contributed by atoms with Gasteiger partial charge in [-0.25, -0.2) is 4.79 Å². The lowest BCUT2D eigenvalue weighted by Gasteiger charge is -2.27. The standard InChI is InChI=1S/C15H27NO3S/c1-5-6-8-12(20)9-7-10-13(17)16(4)14(11(2)3)15(18)19/h11,14H,5-10H2,1-4H3,(H,18,19)/t14-/m0/s1. The van der Waals surface area contributed by atoms with E-state index in [0.29, 0.717) is 12.8 Å². The van der Waals surface area contributed by atoms with Crippen LogP contribution in [0.3, 0.4) is 0 Å². The van der Waals surface area contributed by atoms with Crippen LogP contribution in [0.5, 0.6) is 0 Å². The first-order valence-electron chi connectivity index (χ1n) is 7.31. The van der Waals surface area contributed by atoms with E-state index in [9.17, 15) is 9.59 Å². The van der Waals surface area contributed by atoms with Crippen molar-refractivity contribution in [3.05, 3.63) is 0 Å². The van der Waals surface area contributed by atoms with Gasteiger partial charge in [-0.2, -0.15) is 0 Å². The third kappa shape index (κ3) is 6.98. The maximum Gasteiger partial charge on any atom is 0.326 e. The lowest BCUT2D eigenvalue weighted by atomic mass is 10.0. The molecular formula is C15H27NO3S. The first-order chi connectivity index (χ1) is 9.31. The normalized spacial score (nSPS) is 12.2. The van der Waals surface area contributed by atoms with E-state index < -0.39 is 12.0 Å². The highest BCUT2D eigenvalue weighted by Gasteiger charge is 2.28. The summed E-state index contributed by atoms with van der Waals surface area (Å²) in [7, 11) is 1.57. The smallest absolute Gasteiger partial charge is 0.326 e. The van der Waals surface area contributed by atoms with E-state index in [1.807, 2.05) is 13.8 Å². The summed E-state index contributed by atoms with van der Waals surface area (Å²) in [6, 6.07) is -0.755. The zero-order chi connectivity index (χ0) is 15.7. The molecule has 0 aromatic heterocycles. The number of rotatable bonds is 10. The van der Waals surface area contributed by atoms with Crippen LogP contribution in [0.15, 0.2) is 0 Å². The molecule has 20 heavy (non-hydrogen) atoms. The molecule has 0 aliphatic rings.